The summed E-state index contributed by atoms with van der Waals surface area (Å²) in [6.45, 7) is 2.03. The van der Waals surface area contributed by atoms with Gasteiger partial charge in [0.15, 0.2) is 0 Å². The number of nitrogens with zero attached hydrogens (tertiary/aromatic N) is 1. The number of primary sulfonamides is 1. The van der Waals surface area contributed by atoms with Crippen molar-refractivity contribution in [3.05, 3.63) is 58.6 Å². The lowest BCUT2D eigenvalue weighted by atomic mass is 10.1. The number of hydrogen-bond donors (Lipinski definition) is 1. The van der Waals surface area contributed by atoms with Gasteiger partial charge in [-0.15, -0.1) is 11.3 Å². The molecule has 2 N–H and O–H groups in total. The van der Waals surface area contributed by atoms with Gasteiger partial charge in [0.25, 0.3) is 0 Å². The number of aromatic nitrogens is 1. The Morgan fingerprint density at radius 2 is 1.82 bits per heavy atom. The van der Waals surface area contributed by atoms with Crippen molar-refractivity contribution in [3.63, 3.8) is 0 Å². The molecule has 2 aromatic heterocycles. The summed E-state index contributed by atoms with van der Waals surface area (Å²) in [6, 6.07) is 12.2. The molecule has 3 rings (SSSR count). The summed E-state index contributed by atoms with van der Waals surface area (Å²) in [5, 5.41) is 8.79. The largest absolute Gasteiger partial charge is 0.291 e. The fourth-order valence-corrected chi connectivity index (χ4v) is 3.95. The maximum atomic E-state index is 11.3. The predicted octanol–water partition coefficient (Wildman–Crippen LogP) is 3.82. The van der Waals surface area contributed by atoms with Gasteiger partial charge in [-0.2, -0.15) is 0 Å². The van der Waals surface area contributed by atoms with Crippen LogP contribution in [0.1, 0.15) is 5.56 Å². The van der Waals surface area contributed by atoms with Crippen LogP contribution in [-0.2, 0) is 10.0 Å². The van der Waals surface area contributed by atoms with E-state index >= 15 is 0 Å². The van der Waals surface area contributed by atoms with Crippen LogP contribution in [0.4, 0.5) is 0 Å². The Kier molecular flexibility index (Phi) is 3.86. The Labute approximate surface area is 137 Å². The van der Waals surface area contributed by atoms with Gasteiger partial charge in [0.1, 0.15) is 10.2 Å². The zero-order chi connectivity index (χ0) is 15.9. The van der Waals surface area contributed by atoms with Crippen molar-refractivity contribution in [2.24, 2.45) is 5.14 Å². The lowest BCUT2D eigenvalue weighted by Gasteiger charge is -2.09. The molecule has 0 atom stereocenters. The molecule has 22 heavy (non-hydrogen) atoms. The molecule has 7 heteroatoms. The maximum Gasteiger partial charge on any atom is 0.238 e. The van der Waals surface area contributed by atoms with Crippen LogP contribution >= 0.6 is 22.9 Å². The van der Waals surface area contributed by atoms with Crippen molar-refractivity contribution in [1.82, 2.24) is 4.57 Å². The van der Waals surface area contributed by atoms with Gasteiger partial charge in [0.2, 0.25) is 10.0 Å². The smallest absolute Gasteiger partial charge is 0.238 e. The van der Waals surface area contributed by atoms with Crippen LogP contribution < -0.4 is 5.14 Å². The van der Waals surface area contributed by atoms with Gasteiger partial charge in [0, 0.05) is 0 Å². The Morgan fingerprint density at radius 3 is 2.36 bits per heavy atom. The van der Waals surface area contributed by atoms with Crippen molar-refractivity contribution in [2.45, 2.75) is 11.8 Å². The number of benzene rings is 1. The van der Waals surface area contributed by atoms with Gasteiger partial charge < -0.3 is 0 Å². The third kappa shape index (κ3) is 2.83. The summed E-state index contributed by atoms with van der Waals surface area (Å²) in [5.41, 5.74) is 2.93. The number of nitrogens with two attached hydrogens (primary N) is 1. The average Bonchev–Trinajstić information content (AvgIpc) is 3.04. The summed E-state index contributed by atoms with van der Waals surface area (Å²) < 4.78 is 24.6. The minimum Gasteiger partial charge on any atom is -0.291 e. The molecular weight excluding hydrogens is 340 g/mol. The van der Waals surface area contributed by atoms with Crippen molar-refractivity contribution >= 4 is 33.0 Å². The molecule has 0 fully saturated rings. The minimum absolute atomic E-state index is 0.0902. The molecule has 0 radical (unpaired) electrons. The molecule has 0 spiro atoms. The van der Waals surface area contributed by atoms with E-state index < -0.39 is 10.0 Å². The molecule has 0 saturated heterocycles. The highest BCUT2D eigenvalue weighted by molar-refractivity contribution is 7.89. The van der Waals surface area contributed by atoms with E-state index in [4.69, 9.17) is 16.7 Å². The predicted molar refractivity (Wildman–Crippen MR) is 90.2 cm³/mol. The van der Waals surface area contributed by atoms with Gasteiger partial charge >= 0.3 is 0 Å². The first-order valence-electron chi connectivity index (χ1n) is 6.42. The maximum absolute atomic E-state index is 11.3. The highest BCUT2D eigenvalue weighted by Crippen LogP contribution is 2.32. The summed E-state index contributed by atoms with van der Waals surface area (Å²) in [6.07, 6.45) is 0. The normalized spacial score (nSPS) is 11.8. The van der Waals surface area contributed by atoms with Gasteiger partial charge in [-0.3, -0.25) is 4.57 Å². The zero-order valence-electron chi connectivity index (χ0n) is 11.7. The van der Waals surface area contributed by atoms with E-state index in [2.05, 4.69) is 11.4 Å². The first-order chi connectivity index (χ1) is 10.4. The summed E-state index contributed by atoms with van der Waals surface area (Å²) in [5.74, 6) is 0. The van der Waals surface area contributed by atoms with Gasteiger partial charge in [-0.05, 0) is 53.8 Å². The molecule has 0 unspecified atom stereocenters. The molecule has 1 aromatic carbocycles. The number of aryl methyl sites for hydroxylation is 1. The molecule has 0 bridgehead atoms. The van der Waals surface area contributed by atoms with E-state index in [9.17, 15) is 8.42 Å². The number of halogens is 1. The van der Waals surface area contributed by atoms with Gasteiger partial charge in [0.05, 0.1) is 10.6 Å². The van der Waals surface area contributed by atoms with Crippen LogP contribution in [-0.4, -0.2) is 13.0 Å². The van der Waals surface area contributed by atoms with Crippen LogP contribution in [0.15, 0.2) is 52.7 Å². The van der Waals surface area contributed by atoms with Crippen LogP contribution in [0.3, 0.4) is 0 Å². The zero-order valence-corrected chi connectivity index (χ0v) is 14.0. The molecule has 114 valence electrons. The standard InChI is InChI=1S/C15H13ClN2O2S2/c1-10-8-15(21-9-10)18-13(6-7-14(18)16)11-2-4-12(5-3-11)22(17,19)20/h2-9H,1H3,(H2,17,19,20). The van der Waals surface area contributed by atoms with E-state index in [0.29, 0.717) is 5.15 Å². The summed E-state index contributed by atoms with van der Waals surface area (Å²) >= 11 is 7.90. The highest BCUT2D eigenvalue weighted by atomic mass is 35.5. The number of thiophene rings is 1. The summed E-state index contributed by atoms with van der Waals surface area (Å²) in [4.78, 5) is 0.0902. The third-order valence-corrected chi connectivity index (χ3v) is 5.50. The van der Waals surface area contributed by atoms with Crippen LogP contribution in [0.2, 0.25) is 5.15 Å². The fourth-order valence-electron chi connectivity index (χ4n) is 2.21. The molecule has 0 saturated carbocycles. The number of sulfonamides is 1. The lowest BCUT2D eigenvalue weighted by Crippen LogP contribution is -2.11. The molecule has 4 nitrogen and oxygen atoms in total. The van der Waals surface area contributed by atoms with E-state index in [1.807, 2.05) is 23.6 Å². The fraction of sp³-hybridized carbons (Fsp3) is 0.0667. The minimum atomic E-state index is -3.69. The molecule has 0 aliphatic heterocycles. The quantitative estimate of drug-likeness (QED) is 0.778. The van der Waals surface area contributed by atoms with E-state index in [1.165, 1.54) is 17.7 Å². The monoisotopic (exact) mass is 352 g/mol. The second-order valence-corrected chi connectivity index (χ2v) is 7.75. The van der Waals surface area contributed by atoms with Gasteiger partial charge in [-0.1, -0.05) is 23.7 Å². The van der Waals surface area contributed by atoms with Crippen LogP contribution in [0.25, 0.3) is 16.3 Å². The Balaban J connectivity index is 2.10. The number of hydrogen-bond acceptors (Lipinski definition) is 3. The van der Waals surface area contributed by atoms with Crippen molar-refractivity contribution < 1.29 is 8.42 Å². The molecule has 0 amide bonds. The van der Waals surface area contributed by atoms with Crippen molar-refractivity contribution in [1.29, 1.82) is 0 Å². The molecule has 0 aliphatic carbocycles. The second-order valence-electron chi connectivity index (χ2n) is 4.91. The van der Waals surface area contributed by atoms with E-state index in [0.717, 1.165) is 16.3 Å². The SMILES string of the molecule is Cc1csc(-n2c(Cl)ccc2-c2ccc(S(N)(=O)=O)cc2)c1. The number of rotatable bonds is 3. The van der Waals surface area contributed by atoms with Crippen molar-refractivity contribution in [2.75, 3.05) is 0 Å². The molecule has 2 heterocycles. The summed E-state index contributed by atoms with van der Waals surface area (Å²) in [7, 11) is -3.69. The Bertz CT molecular complexity index is 925. The lowest BCUT2D eigenvalue weighted by molar-refractivity contribution is 0.598. The third-order valence-electron chi connectivity index (χ3n) is 3.25. The van der Waals surface area contributed by atoms with Crippen LogP contribution in [0, 0.1) is 6.92 Å². The highest BCUT2D eigenvalue weighted by Gasteiger charge is 2.13. The van der Waals surface area contributed by atoms with Crippen molar-refractivity contribution in [3.8, 4) is 16.3 Å². The molecule has 3 aromatic rings. The Morgan fingerprint density at radius 1 is 1.14 bits per heavy atom. The second kappa shape index (κ2) is 5.55. The average molecular weight is 353 g/mol. The first kappa shape index (κ1) is 15.3. The van der Waals surface area contributed by atoms with E-state index in [-0.39, 0.29) is 4.90 Å². The van der Waals surface area contributed by atoms with Gasteiger partial charge in [-0.25, -0.2) is 13.6 Å². The molecule has 0 aliphatic rings. The molecular formula is C15H13ClN2O2S2. The van der Waals surface area contributed by atoms with E-state index in [1.54, 1.807) is 23.5 Å². The topological polar surface area (TPSA) is 65.1 Å². The van der Waals surface area contributed by atoms with Crippen LogP contribution in [0.5, 0.6) is 0 Å². The first-order valence-corrected chi connectivity index (χ1v) is 9.22. The Hall–Kier alpha value is -1.60.